The minimum atomic E-state index is -3.68. The number of carbonyl (C=O) groups is 2. The third-order valence-corrected chi connectivity index (χ3v) is 12.7. The van der Waals surface area contributed by atoms with E-state index in [0.29, 0.717) is 21.7 Å². The van der Waals surface area contributed by atoms with Crippen LogP contribution >= 0.6 is 11.6 Å². The quantitative estimate of drug-likeness (QED) is 0.151. The van der Waals surface area contributed by atoms with Gasteiger partial charge in [0.05, 0.1) is 32.1 Å². The molecule has 2 amide bonds. The van der Waals surface area contributed by atoms with Crippen LogP contribution in [0.25, 0.3) is 11.3 Å². The fourth-order valence-electron chi connectivity index (χ4n) is 5.77. The van der Waals surface area contributed by atoms with Gasteiger partial charge in [0.1, 0.15) is 11.3 Å². The molecule has 5 aromatic heterocycles. The van der Waals surface area contributed by atoms with Gasteiger partial charge in [0.15, 0.2) is 0 Å². The Morgan fingerprint density at radius 1 is 0.667 bits per heavy atom. The Morgan fingerprint density at radius 3 is 1.67 bits per heavy atom. The van der Waals surface area contributed by atoms with Crippen molar-refractivity contribution in [3.8, 4) is 0 Å². The first-order valence-corrected chi connectivity index (χ1v) is 20.6. The normalized spacial score (nSPS) is 11.5. The molecule has 0 fully saturated rings. The Labute approximate surface area is 332 Å². The van der Waals surface area contributed by atoms with E-state index in [9.17, 15) is 26.4 Å². The molecule has 8 aromatic rings. The van der Waals surface area contributed by atoms with Gasteiger partial charge in [-0.05, 0) is 96.4 Å². The number of furan rings is 1. The minimum absolute atomic E-state index is 0.0987. The number of halogens is 1. The number of sulfone groups is 2. The van der Waals surface area contributed by atoms with E-state index in [0.717, 1.165) is 22.4 Å². The first kappa shape index (κ1) is 38.7. The summed E-state index contributed by atoms with van der Waals surface area (Å²) in [5.74, 6) is -0.449. The standard InChI is InChI=1S/C22H18ClN3O3S.C19H15N3O4S/c1-15-2-6-18(23)12-20(15)30(28,29)19-7-3-16(4-8-19)13-25-22(27)17-5-9-21-24-10-11-26(21)14-17;23-19(15-5-8-17-20-9-10-22(17)13-15)21-12-14-3-6-16(7-4-14)27(24,25)18-2-1-11-26-18/h2-12,14H,13H2,1H3,(H,25,27);1-11,13H,12H2,(H,21,23). The van der Waals surface area contributed by atoms with Crippen LogP contribution < -0.4 is 10.6 Å². The molecule has 0 unspecified atom stereocenters. The van der Waals surface area contributed by atoms with Crippen LogP contribution in [0.4, 0.5) is 0 Å². The molecule has 0 radical (unpaired) electrons. The fourth-order valence-corrected chi connectivity index (χ4v) is 8.70. The Hall–Kier alpha value is -6.55. The summed E-state index contributed by atoms with van der Waals surface area (Å²) in [4.78, 5) is 33.5. The van der Waals surface area contributed by atoms with Crippen LogP contribution in [-0.2, 0) is 32.8 Å². The first-order valence-electron chi connectivity index (χ1n) is 17.3. The molecule has 57 heavy (non-hydrogen) atoms. The van der Waals surface area contributed by atoms with Crippen LogP contribution in [0.3, 0.4) is 0 Å². The lowest BCUT2D eigenvalue weighted by atomic mass is 10.2. The Bertz CT molecular complexity index is 2940. The molecule has 0 aliphatic carbocycles. The highest BCUT2D eigenvalue weighted by Crippen LogP contribution is 2.27. The average Bonchev–Trinajstić information content (AvgIpc) is 4.03. The number of imidazole rings is 2. The molecular formula is C41H33ClN6O7S2. The number of nitrogens with zero attached hydrogens (tertiary/aromatic N) is 4. The van der Waals surface area contributed by atoms with E-state index in [1.54, 1.807) is 114 Å². The second-order valence-corrected chi connectivity index (χ2v) is 17.0. The van der Waals surface area contributed by atoms with Crippen LogP contribution in [-0.4, -0.2) is 47.4 Å². The molecular weight excluding hydrogens is 788 g/mol. The Morgan fingerprint density at radius 2 is 1.18 bits per heavy atom. The lowest BCUT2D eigenvalue weighted by Gasteiger charge is -2.10. The number of pyridine rings is 2. The predicted molar refractivity (Wildman–Crippen MR) is 211 cm³/mol. The van der Waals surface area contributed by atoms with Gasteiger partial charge in [0.2, 0.25) is 24.8 Å². The number of aromatic nitrogens is 4. The van der Waals surface area contributed by atoms with Crippen molar-refractivity contribution >= 4 is 54.4 Å². The van der Waals surface area contributed by atoms with Crippen molar-refractivity contribution in [3.05, 3.63) is 179 Å². The van der Waals surface area contributed by atoms with Gasteiger partial charge < -0.3 is 23.9 Å². The summed E-state index contributed by atoms with van der Waals surface area (Å²) in [6.45, 7) is 2.29. The van der Waals surface area contributed by atoms with E-state index in [1.807, 2.05) is 0 Å². The van der Waals surface area contributed by atoms with Gasteiger partial charge in [-0.3, -0.25) is 9.59 Å². The highest BCUT2D eigenvalue weighted by molar-refractivity contribution is 7.91. The van der Waals surface area contributed by atoms with Crippen LogP contribution in [0.2, 0.25) is 5.02 Å². The van der Waals surface area contributed by atoms with E-state index in [1.165, 1.54) is 48.7 Å². The molecule has 0 spiro atoms. The molecule has 0 saturated heterocycles. The van der Waals surface area contributed by atoms with Crippen molar-refractivity contribution in [2.24, 2.45) is 0 Å². The number of hydrogen-bond acceptors (Lipinski definition) is 9. The summed E-state index contributed by atoms with van der Waals surface area (Å²) >= 11 is 5.97. The van der Waals surface area contributed by atoms with Crippen molar-refractivity contribution in [1.82, 2.24) is 29.4 Å². The number of hydrogen-bond donors (Lipinski definition) is 2. The molecule has 0 aliphatic rings. The summed E-state index contributed by atoms with van der Waals surface area (Å²) in [5.41, 5.74) is 4.75. The van der Waals surface area contributed by atoms with Crippen LogP contribution in [0.15, 0.2) is 171 Å². The summed E-state index contributed by atoms with van der Waals surface area (Å²) in [6.07, 6.45) is 11.6. The average molecular weight is 821 g/mol. The van der Waals surface area contributed by atoms with Crippen LogP contribution in [0.5, 0.6) is 0 Å². The van der Waals surface area contributed by atoms with Gasteiger partial charge in [-0.25, -0.2) is 26.8 Å². The number of benzene rings is 3. The van der Waals surface area contributed by atoms with E-state index >= 15 is 0 Å². The van der Waals surface area contributed by atoms with Gasteiger partial charge in [0, 0.05) is 55.3 Å². The van der Waals surface area contributed by atoms with Gasteiger partial charge in [-0.1, -0.05) is 41.9 Å². The van der Waals surface area contributed by atoms with Gasteiger partial charge in [0.25, 0.3) is 11.8 Å². The third-order valence-electron chi connectivity index (χ3n) is 8.87. The highest BCUT2D eigenvalue weighted by atomic mass is 35.5. The SMILES string of the molecule is Cc1ccc(Cl)cc1S(=O)(=O)c1ccc(CNC(=O)c2ccc3nccn3c2)cc1.O=C(NCc1ccc(S(=O)(=O)c2ccco2)cc1)c1ccc2nccn2c1. The van der Waals surface area contributed by atoms with E-state index in [-0.39, 0.29) is 44.7 Å². The number of aryl methyl sites for hydroxylation is 1. The number of nitrogens with one attached hydrogen (secondary N) is 2. The predicted octanol–water partition coefficient (Wildman–Crippen LogP) is 6.75. The lowest BCUT2D eigenvalue weighted by molar-refractivity contribution is 0.0942. The zero-order valence-electron chi connectivity index (χ0n) is 30.1. The fraction of sp³-hybridized carbons (Fsp3) is 0.0732. The summed E-state index contributed by atoms with van der Waals surface area (Å²) in [6, 6.07) is 27.4. The monoisotopic (exact) mass is 820 g/mol. The highest BCUT2D eigenvalue weighted by Gasteiger charge is 2.21. The summed E-state index contributed by atoms with van der Waals surface area (Å²) < 4.78 is 59.1. The molecule has 288 valence electrons. The molecule has 0 atom stereocenters. The number of carbonyl (C=O) groups excluding carboxylic acids is 2. The van der Waals surface area contributed by atoms with Crippen molar-refractivity contribution in [1.29, 1.82) is 0 Å². The molecule has 16 heteroatoms. The lowest BCUT2D eigenvalue weighted by Crippen LogP contribution is -2.23. The molecule has 0 bridgehead atoms. The molecule has 3 aromatic carbocycles. The number of fused-ring (bicyclic) bond motifs is 2. The van der Waals surface area contributed by atoms with Crippen molar-refractivity contribution in [3.63, 3.8) is 0 Å². The molecule has 13 nitrogen and oxygen atoms in total. The first-order chi connectivity index (χ1) is 27.4. The molecule has 8 rings (SSSR count). The molecule has 0 saturated carbocycles. The number of rotatable bonds is 10. The van der Waals surface area contributed by atoms with E-state index in [2.05, 4.69) is 20.6 Å². The molecule has 5 heterocycles. The third kappa shape index (κ3) is 8.65. The van der Waals surface area contributed by atoms with Crippen molar-refractivity contribution in [2.75, 3.05) is 0 Å². The van der Waals surface area contributed by atoms with Crippen LogP contribution in [0.1, 0.15) is 37.4 Å². The minimum Gasteiger partial charge on any atom is -0.453 e. The van der Waals surface area contributed by atoms with E-state index in [4.69, 9.17) is 16.0 Å². The van der Waals surface area contributed by atoms with E-state index < -0.39 is 19.7 Å². The second kappa shape index (κ2) is 16.3. The Kier molecular flexibility index (Phi) is 11.1. The molecule has 0 aliphatic heterocycles. The number of amides is 2. The topological polar surface area (TPSA) is 174 Å². The molecule has 2 N–H and O–H groups in total. The van der Waals surface area contributed by atoms with Crippen LogP contribution in [0, 0.1) is 6.92 Å². The van der Waals surface area contributed by atoms with Gasteiger partial charge in [-0.2, -0.15) is 0 Å². The smallest absolute Gasteiger partial charge is 0.253 e. The Balaban J connectivity index is 0.000000175. The van der Waals surface area contributed by atoms with Crippen molar-refractivity contribution < 1.29 is 30.8 Å². The largest absolute Gasteiger partial charge is 0.453 e. The maximum atomic E-state index is 12.9. The second-order valence-electron chi connectivity index (χ2n) is 12.7. The maximum Gasteiger partial charge on any atom is 0.253 e. The summed E-state index contributed by atoms with van der Waals surface area (Å²) in [7, 11) is -7.34. The zero-order valence-corrected chi connectivity index (χ0v) is 32.5. The maximum absolute atomic E-state index is 12.9. The van der Waals surface area contributed by atoms with Gasteiger partial charge in [-0.15, -0.1) is 0 Å². The van der Waals surface area contributed by atoms with Gasteiger partial charge >= 0.3 is 0 Å². The summed E-state index contributed by atoms with van der Waals surface area (Å²) in [5, 5.41) is 5.93. The van der Waals surface area contributed by atoms with Crippen molar-refractivity contribution in [2.45, 2.75) is 39.8 Å². The zero-order chi connectivity index (χ0) is 40.2.